The number of anilines is 1. The molecule has 3 aliphatic rings. The fourth-order valence-corrected chi connectivity index (χ4v) is 5.63. The van der Waals surface area contributed by atoms with Crippen LogP contribution in [0.25, 0.3) is 17.0 Å². The molecule has 0 radical (unpaired) electrons. The summed E-state index contributed by atoms with van der Waals surface area (Å²) in [6, 6.07) is 10.5. The maximum Gasteiger partial charge on any atom is 0.328 e. The van der Waals surface area contributed by atoms with E-state index in [1.54, 1.807) is 4.90 Å². The van der Waals surface area contributed by atoms with Gasteiger partial charge >= 0.3 is 6.03 Å². The molecule has 1 aliphatic carbocycles. The summed E-state index contributed by atoms with van der Waals surface area (Å²) < 4.78 is 2.50. The third-order valence-electron chi connectivity index (χ3n) is 7.11. The molecule has 3 heterocycles. The summed E-state index contributed by atoms with van der Waals surface area (Å²) in [4.78, 5) is 16.6. The van der Waals surface area contributed by atoms with E-state index in [-0.39, 0.29) is 17.4 Å². The van der Waals surface area contributed by atoms with Crippen molar-refractivity contribution in [1.29, 1.82) is 0 Å². The summed E-state index contributed by atoms with van der Waals surface area (Å²) >= 11 is 0. The Hall–Kier alpha value is -3.01. The van der Waals surface area contributed by atoms with Crippen molar-refractivity contribution < 1.29 is 4.79 Å². The number of urea groups is 1. The highest BCUT2D eigenvalue weighted by molar-refractivity contribution is 6.07. The van der Waals surface area contributed by atoms with E-state index in [4.69, 9.17) is 0 Å². The molecule has 2 amide bonds. The molecule has 0 spiro atoms. The Bertz CT molecular complexity index is 1160. The van der Waals surface area contributed by atoms with Gasteiger partial charge < -0.3 is 4.57 Å². The molecule has 2 aliphatic heterocycles. The van der Waals surface area contributed by atoms with Crippen molar-refractivity contribution in [2.24, 2.45) is 5.41 Å². The normalized spacial score (nSPS) is 22.3. The Morgan fingerprint density at radius 1 is 1.06 bits per heavy atom. The van der Waals surface area contributed by atoms with Crippen LogP contribution in [0.3, 0.4) is 0 Å². The van der Waals surface area contributed by atoms with Gasteiger partial charge in [-0.15, -0.1) is 0 Å². The number of hydrogen-bond donors (Lipinski definition) is 0. The average Bonchev–Trinajstić information content (AvgIpc) is 3.31. The number of amides is 2. The second-order valence-corrected chi connectivity index (χ2v) is 10.1. The minimum Gasteiger partial charge on any atom is -0.341 e. The minimum atomic E-state index is -0.0243. The molecule has 1 aromatic heterocycles. The van der Waals surface area contributed by atoms with Crippen LogP contribution >= 0.6 is 0 Å². The predicted octanol–water partition coefficient (Wildman–Crippen LogP) is 6.42. The first-order valence-electron chi connectivity index (χ1n) is 11.1. The summed E-state index contributed by atoms with van der Waals surface area (Å²) in [5.41, 5.74) is 9.55. The molecule has 0 fully saturated rings. The van der Waals surface area contributed by atoms with Crippen molar-refractivity contribution in [2.45, 2.75) is 46.1 Å². The Balaban J connectivity index is 1.84. The van der Waals surface area contributed by atoms with Gasteiger partial charge in [-0.05, 0) is 30.7 Å². The number of nitrogens with zero attached hydrogens (tertiary/aromatic N) is 3. The molecular formula is C27H31N3O. The molecule has 5 rings (SSSR count). The molecule has 4 nitrogen and oxygen atoms in total. The van der Waals surface area contributed by atoms with Gasteiger partial charge in [0.2, 0.25) is 0 Å². The second kappa shape index (κ2) is 6.74. The summed E-state index contributed by atoms with van der Waals surface area (Å²) in [5, 5.41) is 0. The topological polar surface area (TPSA) is 28.5 Å². The zero-order valence-electron chi connectivity index (χ0n) is 19.2. The van der Waals surface area contributed by atoms with Gasteiger partial charge in [-0.1, -0.05) is 74.1 Å². The SMILES string of the molecule is C=C1c2c(c3n(c2-c2ccccc2)CC(C)(C)CC3C2=CC=C(C)C2)N(C)C(=O)N1C. The van der Waals surface area contributed by atoms with Gasteiger partial charge in [0.15, 0.2) is 0 Å². The smallest absolute Gasteiger partial charge is 0.328 e. The zero-order chi connectivity index (χ0) is 22.1. The van der Waals surface area contributed by atoms with E-state index >= 15 is 0 Å². The molecule has 2 aromatic rings. The zero-order valence-corrected chi connectivity index (χ0v) is 19.2. The van der Waals surface area contributed by atoms with Gasteiger partial charge in [0, 0.05) is 37.8 Å². The number of aromatic nitrogens is 1. The highest BCUT2D eigenvalue weighted by Gasteiger charge is 2.44. The first-order valence-corrected chi connectivity index (χ1v) is 11.1. The maximum atomic E-state index is 13.1. The van der Waals surface area contributed by atoms with Gasteiger partial charge in [-0.3, -0.25) is 9.80 Å². The summed E-state index contributed by atoms with van der Waals surface area (Å²) in [5.74, 6) is 0.287. The van der Waals surface area contributed by atoms with E-state index in [9.17, 15) is 4.79 Å². The highest BCUT2D eigenvalue weighted by Crippen LogP contribution is 2.55. The van der Waals surface area contributed by atoms with Gasteiger partial charge in [0.25, 0.3) is 0 Å². The molecule has 160 valence electrons. The molecule has 31 heavy (non-hydrogen) atoms. The quantitative estimate of drug-likeness (QED) is 0.558. The van der Waals surface area contributed by atoms with Crippen molar-refractivity contribution in [3.63, 3.8) is 0 Å². The lowest BCUT2D eigenvalue weighted by atomic mass is 9.74. The van der Waals surface area contributed by atoms with Crippen LogP contribution in [-0.4, -0.2) is 29.6 Å². The van der Waals surface area contributed by atoms with E-state index in [1.165, 1.54) is 28.1 Å². The fraction of sp³-hybridized carbons (Fsp3) is 0.370. The molecule has 1 aromatic carbocycles. The first kappa shape index (κ1) is 19.9. The molecule has 4 heteroatoms. The maximum absolute atomic E-state index is 13.1. The third-order valence-corrected chi connectivity index (χ3v) is 7.11. The Labute approximate surface area is 185 Å². The van der Waals surface area contributed by atoms with Crippen molar-refractivity contribution in [1.82, 2.24) is 9.47 Å². The third kappa shape index (κ3) is 2.92. The number of fused-ring (bicyclic) bond motifs is 3. The number of benzene rings is 1. The second-order valence-electron chi connectivity index (χ2n) is 10.1. The highest BCUT2D eigenvalue weighted by atomic mass is 16.2. The molecule has 0 N–H and O–H groups in total. The van der Waals surface area contributed by atoms with Crippen molar-refractivity contribution in [3.8, 4) is 11.3 Å². The summed E-state index contributed by atoms with van der Waals surface area (Å²) in [6.07, 6.45) is 6.64. The largest absolute Gasteiger partial charge is 0.341 e. The minimum absolute atomic E-state index is 0.0243. The van der Waals surface area contributed by atoms with Gasteiger partial charge in [0.05, 0.1) is 17.1 Å². The van der Waals surface area contributed by atoms with Gasteiger partial charge in [-0.2, -0.15) is 0 Å². The standard InChI is InChI=1S/C27H31N3O/c1-17-12-13-20(14-17)21-15-27(3,4)16-30-23(19-10-8-7-9-11-19)22-18(2)28(5)26(31)29(6)25(22)24(21)30/h7-13,21H,2,14-16H2,1,3-6H3. The number of allylic oxidation sites excluding steroid dienone is 4. The van der Waals surface area contributed by atoms with E-state index in [1.807, 2.05) is 19.0 Å². The lowest BCUT2D eigenvalue weighted by Crippen LogP contribution is -2.42. The molecular weight excluding hydrogens is 382 g/mol. The van der Waals surface area contributed by atoms with Crippen molar-refractivity contribution in [2.75, 3.05) is 19.0 Å². The summed E-state index contributed by atoms with van der Waals surface area (Å²) in [7, 11) is 3.73. The van der Waals surface area contributed by atoms with Crippen LogP contribution in [0, 0.1) is 5.41 Å². The molecule has 1 unspecified atom stereocenters. The average molecular weight is 414 g/mol. The van der Waals surface area contributed by atoms with Crippen LogP contribution in [0.1, 0.15) is 50.8 Å². The Kier molecular flexibility index (Phi) is 4.34. The number of carbonyl (C=O) groups excluding carboxylic acids is 1. The lowest BCUT2D eigenvalue weighted by molar-refractivity contribution is 0.229. The van der Waals surface area contributed by atoms with Crippen molar-refractivity contribution in [3.05, 3.63) is 71.5 Å². The Morgan fingerprint density at radius 2 is 1.77 bits per heavy atom. The molecule has 0 bridgehead atoms. The van der Waals surface area contributed by atoms with Gasteiger partial charge in [-0.25, -0.2) is 4.79 Å². The monoisotopic (exact) mass is 413 g/mol. The predicted molar refractivity (Wildman–Crippen MR) is 128 cm³/mol. The molecule has 1 atom stereocenters. The Morgan fingerprint density at radius 3 is 2.42 bits per heavy atom. The van der Waals surface area contributed by atoms with Crippen LogP contribution in [0.2, 0.25) is 0 Å². The van der Waals surface area contributed by atoms with E-state index < -0.39 is 0 Å². The van der Waals surface area contributed by atoms with Crippen LogP contribution < -0.4 is 4.90 Å². The number of hydrogen-bond acceptors (Lipinski definition) is 1. The van der Waals surface area contributed by atoms with Crippen LogP contribution in [-0.2, 0) is 6.54 Å². The van der Waals surface area contributed by atoms with E-state index in [0.29, 0.717) is 0 Å². The molecule has 0 saturated carbocycles. The molecule has 0 saturated heterocycles. The van der Waals surface area contributed by atoms with E-state index in [2.05, 4.69) is 74.4 Å². The van der Waals surface area contributed by atoms with Crippen molar-refractivity contribution >= 4 is 17.4 Å². The lowest BCUT2D eigenvalue weighted by Gasteiger charge is -2.40. The van der Waals surface area contributed by atoms with Gasteiger partial charge in [0.1, 0.15) is 0 Å². The van der Waals surface area contributed by atoms with Crippen LogP contribution in [0.5, 0.6) is 0 Å². The fourth-order valence-electron chi connectivity index (χ4n) is 5.63. The van der Waals surface area contributed by atoms with Crippen LogP contribution in [0.4, 0.5) is 10.5 Å². The number of rotatable bonds is 2. The summed E-state index contributed by atoms with van der Waals surface area (Å²) in [6.45, 7) is 12.2. The first-order chi connectivity index (χ1) is 14.7. The van der Waals surface area contributed by atoms with Crippen LogP contribution in [0.15, 0.2) is 60.2 Å². The number of carbonyl (C=O) groups is 1. The van der Waals surface area contributed by atoms with E-state index in [0.717, 1.165) is 36.3 Å².